The largest absolute Gasteiger partial charge is 0.482 e. The van der Waals surface area contributed by atoms with Crippen molar-refractivity contribution >= 4 is 11.9 Å². The molecule has 126 valence electrons. The van der Waals surface area contributed by atoms with E-state index >= 15 is 0 Å². The molecular weight excluding hydrogens is 294 g/mol. The molecule has 1 unspecified atom stereocenters. The van der Waals surface area contributed by atoms with Crippen LogP contribution in [0.1, 0.15) is 55.8 Å². The first-order valence-corrected chi connectivity index (χ1v) is 8.35. The summed E-state index contributed by atoms with van der Waals surface area (Å²) in [5, 5.41) is 11.8. The quantitative estimate of drug-likeness (QED) is 0.732. The van der Waals surface area contributed by atoms with Gasteiger partial charge < -0.3 is 15.2 Å². The van der Waals surface area contributed by atoms with E-state index in [2.05, 4.69) is 12.2 Å². The molecule has 2 rings (SSSR count). The van der Waals surface area contributed by atoms with Crippen molar-refractivity contribution in [3.63, 3.8) is 0 Å². The summed E-state index contributed by atoms with van der Waals surface area (Å²) >= 11 is 0. The van der Waals surface area contributed by atoms with Crippen molar-refractivity contribution < 1.29 is 19.4 Å². The van der Waals surface area contributed by atoms with Gasteiger partial charge in [0.15, 0.2) is 6.61 Å². The maximum Gasteiger partial charge on any atom is 0.341 e. The first kappa shape index (κ1) is 17.3. The summed E-state index contributed by atoms with van der Waals surface area (Å²) in [7, 11) is 0. The third-order valence-corrected chi connectivity index (χ3v) is 4.36. The Morgan fingerprint density at radius 1 is 1.39 bits per heavy atom. The van der Waals surface area contributed by atoms with Gasteiger partial charge in [0.05, 0.1) is 0 Å². The average molecular weight is 319 g/mol. The number of ether oxygens (including phenoxy) is 1. The number of carbonyl (C=O) groups excluding carboxylic acids is 1. The van der Waals surface area contributed by atoms with E-state index in [1.165, 1.54) is 19.3 Å². The number of unbranched alkanes of at least 4 members (excludes halogenated alkanes) is 1. The van der Waals surface area contributed by atoms with Crippen LogP contribution < -0.4 is 10.1 Å². The molecule has 5 nitrogen and oxygen atoms in total. The van der Waals surface area contributed by atoms with Crippen LogP contribution in [0.15, 0.2) is 24.3 Å². The molecule has 1 atom stereocenters. The van der Waals surface area contributed by atoms with Gasteiger partial charge in [0, 0.05) is 11.6 Å². The van der Waals surface area contributed by atoms with Crippen LogP contribution in [-0.4, -0.2) is 29.6 Å². The zero-order valence-corrected chi connectivity index (χ0v) is 13.6. The van der Waals surface area contributed by atoms with Crippen LogP contribution >= 0.6 is 0 Å². The molecule has 0 heterocycles. The second kappa shape index (κ2) is 8.56. The van der Waals surface area contributed by atoms with Gasteiger partial charge >= 0.3 is 5.97 Å². The first-order chi connectivity index (χ1) is 11.1. The van der Waals surface area contributed by atoms with Crippen molar-refractivity contribution in [3.05, 3.63) is 29.8 Å². The fourth-order valence-electron chi connectivity index (χ4n) is 2.82. The van der Waals surface area contributed by atoms with E-state index in [1.54, 1.807) is 24.3 Å². The molecule has 0 saturated heterocycles. The number of carboxylic acids is 1. The maximum absolute atomic E-state index is 12.5. The van der Waals surface area contributed by atoms with Gasteiger partial charge in [0.25, 0.3) is 5.91 Å². The first-order valence-electron chi connectivity index (χ1n) is 8.35. The molecule has 0 radical (unpaired) electrons. The summed E-state index contributed by atoms with van der Waals surface area (Å²) in [6.07, 6.45) is 6.89. The van der Waals surface area contributed by atoms with Crippen LogP contribution in [0, 0.1) is 5.92 Å². The molecule has 1 aliphatic rings. The van der Waals surface area contributed by atoms with E-state index in [9.17, 15) is 9.59 Å². The van der Waals surface area contributed by atoms with Crippen molar-refractivity contribution in [2.24, 2.45) is 5.92 Å². The standard InChI is InChI=1S/C18H25NO4/c1-2-3-10-16(13-6-4-7-13)19-18(22)14-8-5-9-15(11-14)23-12-17(20)21/h5,8-9,11,13,16H,2-4,6-7,10,12H2,1H3,(H,19,22)(H,20,21). The topological polar surface area (TPSA) is 75.6 Å². The molecule has 1 saturated carbocycles. The van der Waals surface area contributed by atoms with Crippen LogP contribution in [0.25, 0.3) is 0 Å². The molecule has 0 bridgehead atoms. The molecule has 1 aromatic rings. The fourth-order valence-corrected chi connectivity index (χ4v) is 2.82. The second-order valence-electron chi connectivity index (χ2n) is 6.12. The summed E-state index contributed by atoms with van der Waals surface area (Å²) < 4.78 is 5.13. The van der Waals surface area contributed by atoms with Gasteiger partial charge in [0.1, 0.15) is 5.75 Å². The lowest BCUT2D eigenvalue weighted by Crippen LogP contribution is -2.42. The highest BCUT2D eigenvalue weighted by Crippen LogP contribution is 2.32. The van der Waals surface area contributed by atoms with Crippen molar-refractivity contribution in [3.8, 4) is 5.75 Å². The van der Waals surface area contributed by atoms with Crippen LogP contribution in [0.2, 0.25) is 0 Å². The molecule has 0 spiro atoms. The van der Waals surface area contributed by atoms with Crippen LogP contribution in [0.5, 0.6) is 5.75 Å². The highest BCUT2D eigenvalue weighted by molar-refractivity contribution is 5.94. The summed E-state index contributed by atoms with van der Waals surface area (Å²) in [4.78, 5) is 23.0. The fraction of sp³-hybridized carbons (Fsp3) is 0.556. The lowest BCUT2D eigenvalue weighted by Gasteiger charge is -2.34. The van der Waals surface area contributed by atoms with Crippen molar-refractivity contribution in [2.45, 2.75) is 51.5 Å². The lowest BCUT2D eigenvalue weighted by molar-refractivity contribution is -0.139. The van der Waals surface area contributed by atoms with Gasteiger partial charge in [-0.25, -0.2) is 4.79 Å². The Morgan fingerprint density at radius 3 is 2.78 bits per heavy atom. The van der Waals surface area contributed by atoms with E-state index in [4.69, 9.17) is 9.84 Å². The number of amides is 1. The minimum atomic E-state index is -1.04. The highest BCUT2D eigenvalue weighted by Gasteiger charge is 2.28. The number of benzene rings is 1. The lowest BCUT2D eigenvalue weighted by atomic mass is 9.78. The summed E-state index contributed by atoms with van der Waals surface area (Å²) in [6, 6.07) is 6.91. The number of nitrogens with one attached hydrogen (secondary N) is 1. The molecule has 2 N–H and O–H groups in total. The Kier molecular flexibility index (Phi) is 6.44. The molecule has 0 aliphatic heterocycles. The van der Waals surface area contributed by atoms with Gasteiger partial charge in [-0.15, -0.1) is 0 Å². The highest BCUT2D eigenvalue weighted by atomic mass is 16.5. The molecule has 23 heavy (non-hydrogen) atoms. The van der Waals surface area contributed by atoms with E-state index in [0.717, 1.165) is 19.3 Å². The van der Waals surface area contributed by atoms with Gasteiger partial charge in [0.2, 0.25) is 0 Å². The summed E-state index contributed by atoms with van der Waals surface area (Å²) in [5.74, 6) is -0.158. The minimum Gasteiger partial charge on any atom is -0.482 e. The van der Waals surface area contributed by atoms with Crippen LogP contribution in [0.3, 0.4) is 0 Å². The number of rotatable bonds is 9. The average Bonchev–Trinajstić information content (AvgIpc) is 2.49. The Hall–Kier alpha value is -2.04. The predicted octanol–water partition coefficient (Wildman–Crippen LogP) is 3.24. The molecule has 1 fully saturated rings. The zero-order chi connectivity index (χ0) is 16.7. The van der Waals surface area contributed by atoms with Crippen molar-refractivity contribution in [1.82, 2.24) is 5.32 Å². The molecule has 1 aromatic carbocycles. The van der Waals surface area contributed by atoms with Gasteiger partial charge in [-0.1, -0.05) is 32.3 Å². The minimum absolute atomic E-state index is 0.112. The summed E-state index contributed by atoms with van der Waals surface area (Å²) in [6.45, 7) is 1.75. The van der Waals surface area contributed by atoms with Crippen LogP contribution in [0.4, 0.5) is 0 Å². The Morgan fingerprint density at radius 2 is 2.17 bits per heavy atom. The second-order valence-corrected chi connectivity index (χ2v) is 6.12. The van der Waals surface area contributed by atoms with Crippen molar-refractivity contribution in [1.29, 1.82) is 0 Å². The van der Waals surface area contributed by atoms with Gasteiger partial charge in [-0.2, -0.15) is 0 Å². The monoisotopic (exact) mass is 319 g/mol. The molecule has 1 amide bonds. The van der Waals surface area contributed by atoms with E-state index in [1.807, 2.05) is 0 Å². The molecule has 1 aliphatic carbocycles. The van der Waals surface area contributed by atoms with Gasteiger partial charge in [-0.05, 0) is 43.4 Å². The number of hydrogen-bond acceptors (Lipinski definition) is 3. The Labute approximate surface area is 137 Å². The third-order valence-electron chi connectivity index (χ3n) is 4.36. The molecule has 0 aromatic heterocycles. The number of carboxylic acid groups (broad SMARTS) is 1. The van der Waals surface area contributed by atoms with E-state index in [0.29, 0.717) is 17.2 Å². The van der Waals surface area contributed by atoms with Crippen LogP contribution in [-0.2, 0) is 4.79 Å². The number of hydrogen-bond donors (Lipinski definition) is 2. The van der Waals surface area contributed by atoms with Crippen molar-refractivity contribution in [2.75, 3.05) is 6.61 Å². The zero-order valence-electron chi connectivity index (χ0n) is 13.6. The smallest absolute Gasteiger partial charge is 0.341 e. The van der Waals surface area contributed by atoms with E-state index in [-0.39, 0.29) is 11.9 Å². The summed E-state index contributed by atoms with van der Waals surface area (Å²) in [5.41, 5.74) is 0.508. The van der Waals surface area contributed by atoms with Gasteiger partial charge in [-0.3, -0.25) is 4.79 Å². The SMILES string of the molecule is CCCCC(NC(=O)c1cccc(OCC(=O)O)c1)C1CCC1. The number of aliphatic carboxylic acids is 1. The Bertz CT molecular complexity index is 540. The predicted molar refractivity (Wildman–Crippen MR) is 87.7 cm³/mol. The Balaban J connectivity index is 1.97. The van der Waals surface area contributed by atoms with E-state index < -0.39 is 12.6 Å². The molecule has 5 heteroatoms. The normalized spacial score (nSPS) is 15.5. The number of carbonyl (C=O) groups is 2. The molecular formula is C18H25NO4. The maximum atomic E-state index is 12.5. The third kappa shape index (κ3) is 5.27.